The standard InChI is InChI=1S/C13H15Br2N3O/c1-16-7-9-5-11(14)13(12(15)6-9)19-8-10-3-4-18(2)17-10/h3-6,16H,7-8H2,1-2H3. The molecule has 0 spiro atoms. The van der Waals surface area contributed by atoms with Crippen LogP contribution in [-0.2, 0) is 20.2 Å². The number of hydrogen-bond donors (Lipinski definition) is 1. The summed E-state index contributed by atoms with van der Waals surface area (Å²) in [6.07, 6.45) is 1.90. The lowest BCUT2D eigenvalue weighted by atomic mass is 10.2. The Morgan fingerprint density at radius 3 is 2.53 bits per heavy atom. The Kier molecular flexibility index (Phi) is 5.01. The fourth-order valence-electron chi connectivity index (χ4n) is 1.74. The molecule has 0 fully saturated rings. The molecule has 0 saturated carbocycles. The van der Waals surface area contributed by atoms with Gasteiger partial charge in [0, 0.05) is 19.8 Å². The van der Waals surface area contributed by atoms with Crippen LogP contribution in [0.15, 0.2) is 33.3 Å². The van der Waals surface area contributed by atoms with Crippen LogP contribution in [0.4, 0.5) is 0 Å². The van der Waals surface area contributed by atoms with Gasteiger partial charge >= 0.3 is 0 Å². The summed E-state index contributed by atoms with van der Waals surface area (Å²) in [7, 11) is 3.81. The molecule has 2 aromatic rings. The van der Waals surface area contributed by atoms with Gasteiger partial charge in [0.25, 0.3) is 0 Å². The highest BCUT2D eigenvalue weighted by atomic mass is 79.9. The topological polar surface area (TPSA) is 39.1 Å². The molecule has 0 aliphatic rings. The van der Waals surface area contributed by atoms with Gasteiger partial charge in [-0.15, -0.1) is 0 Å². The van der Waals surface area contributed by atoms with Crippen LogP contribution in [-0.4, -0.2) is 16.8 Å². The first-order chi connectivity index (χ1) is 9.10. The van der Waals surface area contributed by atoms with Gasteiger partial charge < -0.3 is 10.1 Å². The molecule has 1 aromatic carbocycles. The number of hydrogen-bond acceptors (Lipinski definition) is 3. The van der Waals surface area contributed by atoms with Crippen molar-refractivity contribution in [2.45, 2.75) is 13.2 Å². The highest BCUT2D eigenvalue weighted by Gasteiger charge is 2.09. The minimum atomic E-state index is 0.448. The Bertz CT molecular complexity index is 546. The molecular weight excluding hydrogens is 374 g/mol. The van der Waals surface area contributed by atoms with E-state index in [0.717, 1.165) is 26.9 Å². The summed E-state index contributed by atoms with van der Waals surface area (Å²) >= 11 is 7.08. The molecule has 102 valence electrons. The fourth-order valence-corrected chi connectivity index (χ4v) is 3.25. The number of ether oxygens (including phenoxy) is 1. The summed E-state index contributed by atoms with van der Waals surface area (Å²) < 4.78 is 9.44. The maximum Gasteiger partial charge on any atom is 0.148 e. The lowest BCUT2D eigenvalue weighted by Crippen LogP contribution is -2.05. The second kappa shape index (κ2) is 6.54. The van der Waals surface area contributed by atoms with Gasteiger partial charge in [0.1, 0.15) is 12.4 Å². The predicted molar refractivity (Wildman–Crippen MR) is 82.1 cm³/mol. The molecule has 1 heterocycles. The van der Waals surface area contributed by atoms with E-state index < -0.39 is 0 Å². The van der Waals surface area contributed by atoms with E-state index in [1.54, 1.807) is 4.68 Å². The quantitative estimate of drug-likeness (QED) is 0.854. The van der Waals surface area contributed by atoms with Crippen molar-refractivity contribution in [2.75, 3.05) is 7.05 Å². The normalized spacial score (nSPS) is 10.7. The van der Waals surface area contributed by atoms with Crippen LogP contribution < -0.4 is 10.1 Å². The molecule has 0 saturated heterocycles. The zero-order valence-corrected chi connectivity index (χ0v) is 14.0. The van der Waals surface area contributed by atoms with Crippen LogP contribution in [0.5, 0.6) is 5.75 Å². The van der Waals surface area contributed by atoms with E-state index in [4.69, 9.17) is 4.74 Å². The average molecular weight is 389 g/mol. The average Bonchev–Trinajstić information content (AvgIpc) is 2.74. The monoisotopic (exact) mass is 387 g/mol. The lowest BCUT2D eigenvalue weighted by molar-refractivity contribution is 0.296. The maximum atomic E-state index is 5.81. The van der Waals surface area contributed by atoms with Gasteiger partial charge in [-0.25, -0.2) is 0 Å². The molecule has 0 atom stereocenters. The first-order valence-electron chi connectivity index (χ1n) is 5.84. The molecule has 2 rings (SSSR count). The maximum absolute atomic E-state index is 5.81. The first kappa shape index (κ1) is 14.6. The molecule has 0 bridgehead atoms. The van der Waals surface area contributed by atoms with Crippen molar-refractivity contribution in [2.24, 2.45) is 7.05 Å². The number of aromatic nitrogens is 2. The highest BCUT2D eigenvalue weighted by Crippen LogP contribution is 2.35. The molecule has 0 amide bonds. The van der Waals surface area contributed by atoms with Crippen molar-refractivity contribution in [3.63, 3.8) is 0 Å². The summed E-state index contributed by atoms with van der Waals surface area (Å²) in [5.74, 6) is 0.797. The molecule has 19 heavy (non-hydrogen) atoms. The van der Waals surface area contributed by atoms with Crippen LogP contribution in [0.1, 0.15) is 11.3 Å². The largest absolute Gasteiger partial charge is 0.485 e. The van der Waals surface area contributed by atoms with Crippen molar-refractivity contribution in [1.82, 2.24) is 15.1 Å². The molecular formula is C13H15Br2N3O. The van der Waals surface area contributed by atoms with E-state index in [2.05, 4.69) is 54.4 Å². The summed E-state index contributed by atoms with van der Waals surface area (Å²) in [6.45, 7) is 1.27. The smallest absolute Gasteiger partial charge is 0.148 e. The van der Waals surface area contributed by atoms with Crippen molar-refractivity contribution in [1.29, 1.82) is 0 Å². The first-order valence-corrected chi connectivity index (χ1v) is 7.42. The molecule has 0 aliphatic heterocycles. The summed E-state index contributed by atoms with van der Waals surface area (Å²) in [5, 5.41) is 7.41. The van der Waals surface area contributed by atoms with Crippen LogP contribution >= 0.6 is 31.9 Å². The van der Waals surface area contributed by atoms with Crippen LogP contribution in [0.25, 0.3) is 0 Å². The van der Waals surface area contributed by atoms with Crippen molar-refractivity contribution in [3.05, 3.63) is 44.6 Å². The second-order valence-electron chi connectivity index (χ2n) is 4.19. The Hall–Kier alpha value is -0.850. The third-order valence-corrected chi connectivity index (χ3v) is 3.75. The fraction of sp³-hybridized carbons (Fsp3) is 0.308. The summed E-state index contributed by atoms with van der Waals surface area (Å²) in [6, 6.07) is 6.04. The molecule has 4 nitrogen and oxygen atoms in total. The van der Waals surface area contributed by atoms with Gasteiger partial charge in [-0.2, -0.15) is 5.10 Å². The molecule has 0 aliphatic carbocycles. The van der Waals surface area contributed by atoms with Gasteiger partial charge in [0.05, 0.1) is 14.6 Å². The van der Waals surface area contributed by atoms with E-state index >= 15 is 0 Å². The number of rotatable bonds is 5. The van der Waals surface area contributed by atoms with Gasteiger partial charge in [0.15, 0.2) is 0 Å². The minimum Gasteiger partial charge on any atom is -0.485 e. The Labute approximate surface area is 129 Å². The van der Waals surface area contributed by atoms with Crippen LogP contribution in [0.3, 0.4) is 0 Å². The van der Waals surface area contributed by atoms with Gasteiger partial charge in [-0.1, -0.05) is 0 Å². The Balaban J connectivity index is 2.11. The van der Waals surface area contributed by atoms with Crippen molar-refractivity contribution < 1.29 is 4.74 Å². The van der Waals surface area contributed by atoms with Crippen LogP contribution in [0.2, 0.25) is 0 Å². The third kappa shape index (κ3) is 3.81. The van der Waals surface area contributed by atoms with E-state index in [9.17, 15) is 0 Å². The van der Waals surface area contributed by atoms with E-state index in [1.165, 1.54) is 5.56 Å². The minimum absolute atomic E-state index is 0.448. The summed E-state index contributed by atoms with van der Waals surface area (Å²) in [5.41, 5.74) is 2.09. The zero-order valence-electron chi connectivity index (χ0n) is 10.8. The third-order valence-electron chi connectivity index (χ3n) is 2.57. The van der Waals surface area contributed by atoms with E-state index in [-0.39, 0.29) is 0 Å². The van der Waals surface area contributed by atoms with Gasteiger partial charge in [0.2, 0.25) is 0 Å². The molecule has 1 aromatic heterocycles. The number of halogens is 2. The Morgan fingerprint density at radius 1 is 1.32 bits per heavy atom. The second-order valence-corrected chi connectivity index (χ2v) is 5.90. The molecule has 0 unspecified atom stereocenters. The van der Waals surface area contributed by atoms with Gasteiger partial charge in [-0.3, -0.25) is 4.68 Å². The number of benzene rings is 1. The number of nitrogens with zero attached hydrogens (tertiary/aromatic N) is 2. The number of aryl methyl sites for hydroxylation is 1. The summed E-state index contributed by atoms with van der Waals surface area (Å²) in [4.78, 5) is 0. The Morgan fingerprint density at radius 2 is 2.00 bits per heavy atom. The van der Waals surface area contributed by atoms with E-state index in [0.29, 0.717) is 6.61 Å². The van der Waals surface area contributed by atoms with Gasteiger partial charge in [-0.05, 0) is 62.7 Å². The molecule has 1 N–H and O–H groups in total. The lowest BCUT2D eigenvalue weighted by Gasteiger charge is -2.11. The highest BCUT2D eigenvalue weighted by molar-refractivity contribution is 9.11. The van der Waals surface area contributed by atoms with E-state index in [1.807, 2.05) is 26.4 Å². The predicted octanol–water partition coefficient (Wildman–Crippen LogP) is 3.24. The molecule has 6 heteroatoms. The van der Waals surface area contributed by atoms with Crippen LogP contribution in [0, 0.1) is 0 Å². The zero-order chi connectivity index (χ0) is 13.8. The number of nitrogens with one attached hydrogen (secondary N) is 1. The van der Waals surface area contributed by atoms with Crippen molar-refractivity contribution >= 4 is 31.9 Å². The van der Waals surface area contributed by atoms with Crippen molar-refractivity contribution in [3.8, 4) is 5.75 Å². The molecule has 0 radical (unpaired) electrons. The SMILES string of the molecule is CNCc1cc(Br)c(OCc2ccn(C)n2)c(Br)c1.